The van der Waals surface area contributed by atoms with E-state index >= 15 is 0 Å². The van der Waals surface area contributed by atoms with E-state index in [4.69, 9.17) is 15.0 Å². The summed E-state index contributed by atoms with van der Waals surface area (Å²) in [5.74, 6) is 1.14. The summed E-state index contributed by atoms with van der Waals surface area (Å²) < 4.78 is 10.2. The maximum atomic E-state index is 12.5. The fourth-order valence-electron chi connectivity index (χ4n) is 2.12. The molecule has 0 atom stereocenters. The zero-order valence-corrected chi connectivity index (χ0v) is 12.6. The molecule has 0 bridgehead atoms. The minimum absolute atomic E-state index is 0.138. The largest absolute Gasteiger partial charge is 0.497 e. The van der Waals surface area contributed by atoms with Crippen LogP contribution in [0.1, 0.15) is 27.4 Å². The van der Waals surface area contributed by atoms with E-state index < -0.39 is 0 Å². The lowest BCUT2D eigenvalue weighted by Crippen LogP contribution is -2.26. The van der Waals surface area contributed by atoms with Crippen molar-refractivity contribution >= 4 is 11.6 Å². The average molecular weight is 289 g/mol. The van der Waals surface area contributed by atoms with Crippen LogP contribution in [-0.4, -0.2) is 30.1 Å². The summed E-state index contributed by atoms with van der Waals surface area (Å²) >= 11 is 0. The van der Waals surface area contributed by atoms with Crippen LogP contribution in [0.3, 0.4) is 0 Å². The summed E-state index contributed by atoms with van der Waals surface area (Å²) in [6.45, 7) is 4.11. The van der Waals surface area contributed by atoms with Crippen LogP contribution in [0.15, 0.2) is 22.7 Å². The van der Waals surface area contributed by atoms with Gasteiger partial charge in [0.2, 0.25) is 0 Å². The summed E-state index contributed by atoms with van der Waals surface area (Å²) in [6.07, 6.45) is 0. The van der Waals surface area contributed by atoms with Crippen LogP contribution in [-0.2, 0) is 6.54 Å². The van der Waals surface area contributed by atoms with Crippen LogP contribution < -0.4 is 10.5 Å². The Balaban J connectivity index is 2.21. The normalized spacial score (nSPS) is 10.5. The number of amides is 1. The molecule has 0 fully saturated rings. The molecule has 2 N–H and O–H groups in total. The highest BCUT2D eigenvalue weighted by molar-refractivity contribution is 5.95. The Hall–Kier alpha value is -2.50. The molecule has 2 rings (SSSR count). The number of nitrogens with zero attached hydrogens (tertiary/aromatic N) is 2. The van der Waals surface area contributed by atoms with Gasteiger partial charge in [-0.1, -0.05) is 5.16 Å². The van der Waals surface area contributed by atoms with Gasteiger partial charge in [-0.05, 0) is 26.0 Å². The molecule has 0 aliphatic rings. The molecule has 0 aliphatic carbocycles. The third kappa shape index (κ3) is 3.16. The molecule has 1 amide bonds. The fourth-order valence-corrected chi connectivity index (χ4v) is 2.12. The second kappa shape index (κ2) is 5.87. The molecule has 1 aromatic heterocycles. The number of carbonyl (C=O) groups excluding carboxylic acids is 1. The van der Waals surface area contributed by atoms with Gasteiger partial charge >= 0.3 is 0 Å². The summed E-state index contributed by atoms with van der Waals surface area (Å²) in [6, 6.07) is 4.97. The molecular weight excluding hydrogens is 270 g/mol. The lowest BCUT2D eigenvalue weighted by molar-refractivity contribution is 0.0784. The minimum Gasteiger partial charge on any atom is -0.497 e. The number of aryl methyl sites for hydroxylation is 2. The lowest BCUT2D eigenvalue weighted by Gasteiger charge is -2.17. The van der Waals surface area contributed by atoms with E-state index in [-0.39, 0.29) is 5.91 Å². The molecule has 2 aromatic rings. The van der Waals surface area contributed by atoms with Gasteiger partial charge in [0.25, 0.3) is 5.91 Å². The number of methoxy groups -OCH3 is 1. The van der Waals surface area contributed by atoms with Crippen molar-refractivity contribution in [3.05, 3.63) is 40.8 Å². The zero-order chi connectivity index (χ0) is 15.6. The molecule has 0 saturated heterocycles. The van der Waals surface area contributed by atoms with Gasteiger partial charge in [-0.15, -0.1) is 0 Å². The van der Waals surface area contributed by atoms with Crippen LogP contribution >= 0.6 is 0 Å². The average Bonchev–Trinajstić information content (AvgIpc) is 2.77. The Morgan fingerprint density at radius 3 is 2.67 bits per heavy atom. The number of nitrogens with two attached hydrogens (primary N) is 1. The van der Waals surface area contributed by atoms with Crippen LogP contribution in [0, 0.1) is 13.8 Å². The number of anilines is 1. The highest BCUT2D eigenvalue weighted by Crippen LogP contribution is 2.21. The van der Waals surface area contributed by atoms with Gasteiger partial charge in [-0.2, -0.15) is 0 Å². The highest BCUT2D eigenvalue weighted by Gasteiger charge is 2.17. The van der Waals surface area contributed by atoms with Gasteiger partial charge in [-0.25, -0.2) is 0 Å². The number of aromatic nitrogens is 1. The number of ether oxygens (including phenoxy) is 1. The molecule has 112 valence electrons. The second-order valence-corrected chi connectivity index (χ2v) is 4.96. The number of hydrogen-bond donors (Lipinski definition) is 1. The van der Waals surface area contributed by atoms with Crippen molar-refractivity contribution in [3.63, 3.8) is 0 Å². The smallest absolute Gasteiger partial charge is 0.254 e. The Kier molecular flexibility index (Phi) is 4.16. The number of nitrogen functional groups attached to an aromatic ring is 1. The van der Waals surface area contributed by atoms with E-state index in [2.05, 4.69) is 5.16 Å². The maximum absolute atomic E-state index is 12.5. The van der Waals surface area contributed by atoms with Crippen molar-refractivity contribution < 1.29 is 14.1 Å². The SMILES string of the molecule is COc1cc(N)cc(C(=O)N(C)Cc2c(C)noc2C)c1. The summed E-state index contributed by atoms with van der Waals surface area (Å²) in [5, 5.41) is 3.89. The Labute approximate surface area is 123 Å². The number of carbonyl (C=O) groups is 1. The summed E-state index contributed by atoms with van der Waals surface area (Å²) in [4.78, 5) is 14.1. The van der Waals surface area contributed by atoms with Crippen molar-refractivity contribution in [1.29, 1.82) is 0 Å². The second-order valence-electron chi connectivity index (χ2n) is 4.96. The van der Waals surface area contributed by atoms with E-state index in [1.807, 2.05) is 13.8 Å². The predicted octanol–water partition coefficient (Wildman–Crippen LogP) is 2.15. The molecule has 21 heavy (non-hydrogen) atoms. The maximum Gasteiger partial charge on any atom is 0.254 e. The predicted molar refractivity (Wildman–Crippen MR) is 79.2 cm³/mol. The molecule has 0 radical (unpaired) electrons. The fraction of sp³-hybridized carbons (Fsp3) is 0.333. The van der Waals surface area contributed by atoms with Crippen molar-refractivity contribution in [1.82, 2.24) is 10.1 Å². The monoisotopic (exact) mass is 289 g/mol. The van der Waals surface area contributed by atoms with E-state index in [9.17, 15) is 4.79 Å². The third-order valence-electron chi connectivity index (χ3n) is 3.33. The first-order valence-electron chi connectivity index (χ1n) is 6.54. The quantitative estimate of drug-likeness (QED) is 0.872. The Morgan fingerprint density at radius 1 is 1.38 bits per heavy atom. The Bertz CT molecular complexity index is 645. The molecule has 0 spiro atoms. The van der Waals surface area contributed by atoms with Crippen LogP contribution in [0.5, 0.6) is 5.75 Å². The van der Waals surface area contributed by atoms with Gasteiger partial charge in [0, 0.05) is 29.9 Å². The first kappa shape index (κ1) is 14.9. The van der Waals surface area contributed by atoms with Crippen molar-refractivity contribution in [2.45, 2.75) is 20.4 Å². The van der Waals surface area contributed by atoms with Gasteiger partial charge in [0.15, 0.2) is 0 Å². The molecule has 0 unspecified atom stereocenters. The minimum atomic E-state index is -0.138. The van der Waals surface area contributed by atoms with Crippen molar-refractivity contribution in [2.75, 3.05) is 19.9 Å². The van der Waals surface area contributed by atoms with Crippen LogP contribution in [0.4, 0.5) is 5.69 Å². The van der Waals surface area contributed by atoms with E-state index in [0.717, 1.165) is 17.0 Å². The number of rotatable bonds is 4. The van der Waals surface area contributed by atoms with E-state index in [0.29, 0.717) is 23.5 Å². The summed E-state index contributed by atoms with van der Waals surface area (Å²) in [5.41, 5.74) is 8.47. The van der Waals surface area contributed by atoms with Gasteiger partial charge in [-0.3, -0.25) is 4.79 Å². The van der Waals surface area contributed by atoms with E-state index in [1.54, 1.807) is 30.1 Å². The zero-order valence-electron chi connectivity index (χ0n) is 12.6. The first-order valence-corrected chi connectivity index (χ1v) is 6.54. The molecule has 0 aliphatic heterocycles. The van der Waals surface area contributed by atoms with Crippen LogP contribution in [0.2, 0.25) is 0 Å². The summed E-state index contributed by atoms with van der Waals surface area (Å²) in [7, 11) is 3.26. The Morgan fingerprint density at radius 2 is 2.10 bits per heavy atom. The molecular formula is C15H19N3O3. The molecule has 1 heterocycles. The topological polar surface area (TPSA) is 81.6 Å². The van der Waals surface area contributed by atoms with Crippen LogP contribution in [0.25, 0.3) is 0 Å². The number of hydrogen-bond acceptors (Lipinski definition) is 5. The first-order chi connectivity index (χ1) is 9.92. The van der Waals surface area contributed by atoms with Gasteiger partial charge in [0.05, 0.1) is 19.3 Å². The standard InChI is InChI=1S/C15H19N3O3/c1-9-14(10(2)21-17-9)8-18(3)15(19)11-5-12(16)7-13(6-11)20-4/h5-7H,8,16H2,1-4H3. The van der Waals surface area contributed by atoms with Crippen molar-refractivity contribution in [3.8, 4) is 5.75 Å². The lowest BCUT2D eigenvalue weighted by atomic mass is 10.1. The van der Waals surface area contributed by atoms with Crippen molar-refractivity contribution in [2.24, 2.45) is 0 Å². The molecule has 0 saturated carbocycles. The van der Waals surface area contributed by atoms with Gasteiger partial charge in [0.1, 0.15) is 11.5 Å². The molecule has 1 aromatic carbocycles. The van der Waals surface area contributed by atoms with E-state index in [1.165, 1.54) is 7.11 Å². The third-order valence-corrected chi connectivity index (χ3v) is 3.33. The number of benzene rings is 1. The molecule has 6 heteroatoms. The molecule has 6 nitrogen and oxygen atoms in total. The highest BCUT2D eigenvalue weighted by atomic mass is 16.5. The van der Waals surface area contributed by atoms with Gasteiger partial charge < -0.3 is 19.9 Å².